The zero-order valence-electron chi connectivity index (χ0n) is 17.3. The quantitative estimate of drug-likeness (QED) is 0.468. The Bertz CT molecular complexity index is 1010. The van der Waals surface area contributed by atoms with Crippen molar-refractivity contribution < 1.29 is 4.74 Å². The number of nitrogens with zero attached hydrogens (tertiary/aromatic N) is 2. The first kappa shape index (κ1) is 20.2. The molecule has 3 aromatic rings. The van der Waals surface area contributed by atoms with E-state index in [0.29, 0.717) is 6.61 Å². The van der Waals surface area contributed by atoms with Crippen LogP contribution < -0.4 is 4.74 Å². The van der Waals surface area contributed by atoms with Gasteiger partial charge < -0.3 is 14.2 Å². The first-order valence-corrected chi connectivity index (χ1v) is 10.9. The summed E-state index contributed by atoms with van der Waals surface area (Å²) in [6, 6.07) is 15.3. The number of fused-ring (bicyclic) bond motifs is 6. The van der Waals surface area contributed by atoms with Gasteiger partial charge in [0.2, 0.25) is 0 Å². The van der Waals surface area contributed by atoms with Crippen molar-refractivity contribution >= 4 is 34.2 Å². The molecule has 2 aromatic carbocycles. The van der Waals surface area contributed by atoms with E-state index in [1.807, 2.05) is 0 Å². The highest BCUT2D eigenvalue weighted by molar-refractivity contribution is 6.08. The Morgan fingerprint density at radius 3 is 2.59 bits per heavy atom. The number of hydrogen-bond donors (Lipinski definition) is 0. The van der Waals surface area contributed by atoms with Crippen molar-refractivity contribution in [2.75, 3.05) is 19.7 Å². The second-order valence-corrected chi connectivity index (χ2v) is 8.34. The highest BCUT2D eigenvalue weighted by Gasteiger charge is 2.28. The summed E-state index contributed by atoms with van der Waals surface area (Å²) in [5.41, 5.74) is 4.12. The third-order valence-electron chi connectivity index (χ3n) is 6.57. The molecule has 0 radical (unpaired) electrons. The smallest absolute Gasteiger partial charge is 0.121 e. The molecule has 0 atom stereocenters. The standard InChI is InChI=1S/C25H30N2O.ClH/c1-2-3-13-27-24-7-5-4-6-22(24)23-9-8-21(18-25(23)27)28-16-12-20-17-19-10-14-26(20)15-11-19;/h4-9,12,18-19H,2-3,10-11,13-17H2,1H3;1H. The van der Waals surface area contributed by atoms with Crippen molar-refractivity contribution in [3.8, 4) is 5.75 Å². The maximum absolute atomic E-state index is 6.16. The van der Waals surface area contributed by atoms with Gasteiger partial charge in [-0.2, -0.15) is 0 Å². The summed E-state index contributed by atoms with van der Waals surface area (Å²) in [7, 11) is 0. The van der Waals surface area contributed by atoms with E-state index in [1.54, 1.807) is 0 Å². The lowest BCUT2D eigenvalue weighted by Crippen LogP contribution is -2.39. The molecule has 3 fully saturated rings. The lowest BCUT2D eigenvalue weighted by Gasteiger charge is -2.42. The van der Waals surface area contributed by atoms with Gasteiger partial charge in [-0.25, -0.2) is 0 Å². The van der Waals surface area contributed by atoms with Gasteiger partial charge in [0.25, 0.3) is 0 Å². The van der Waals surface area contributed by atoms with E-state index in [-0.39, 0.29) is 12.4 Å². The summed E-state index contributed by atoms with van der Waals surface area (Å²) in [6.07, 6.45) is 8.70. The van der Waals surface area contributed by atoms with Gasteiger partial charge in [0.1, 0.15) is 12.4 Å². The second kappa shape index (κ2) is 8.71. The fraction of sp³-hybridized carbons (Fsp3) is 0.440. The van der Waals surface area contributed by atoms with Crippen LogP contribution in [-0.4, -0.2) is 29.2 Å². The van der Waals surface area contributed by atoms with E-state index in [2.05, 4.69) is 64.9 Å². The predicted molar refractivity (Wildman–Crippen MR) is 124 cm³/mol. The van der Waals surface area contributed by atoms with E-state index in [4.69, 9.17) is 4.74 Å². The van der Waals surface area contributed by atoms with Crippen LogP contribution in [0.15, 0.2) is 54.2 Å². The van der Waals surface area contributed by atoms with Crippen LogP contribution in [0.25, 0.3) is 21.8 Å². The minimum atomic E-state index is 0. The Hall–Kier alpha value is -2.13. The summed E-state index contributed by atoms with van der Waals surface area (Å²) in [4.78, 5) is 2.55. The molecular formula is C25H31ClN2O. The monoisotopic (exact) mass is 410 g/mol. The highest BCUT2D eigenvalue weighted by Crippen LogP contribution is 2.34. The van der Waals surface area contributed by atoms with Crippen molar-refractivity contribution in [3.63, 3.8) is 0 Å². The van der Waals surface area contributed by atoms with Gasteiger partial charge in [-0.15, -0.1) is 12.4 Å². The molecule has 0 aliphatic carbocycles. The number of halogens is 1. The normalized spacial score (nSPS) is 18.0. The van der Waals surface area contributed by atoms with Crippen LogP contribution >= 0.6 is 12.4 Å². The van der Waals surface area contributed by atoms with Crippen LogP contribution in [-0.2, 0) is 6.54 Å². The number of aryl methyl sites for hydroxylation is 1. The lowest BCUT2D eigenvalue weighted by atomic mass is 9.86. The average Bonchev–Trinajstić information content (AvgIpc) is 3.06. The SMILES string of the molecule is CCCCn1c2ccccc2c2ccc(OCC=C3CC4CCN3CC4)cc21.Cl. The van der Waals surface area contributed by atoms with Gasteiger partial charge in [-0.05, 0) is 55.9 Å². The summed E-state index contributed by atoms with van der Waals surface area (Å²) in [6.45, 7) is 6.45. The molecule has 6 rings (SSSR count). The number of rotatable bonds is 6. The zero-order chi connectivity index (χ0) is 18.9. The van der Waals surface area contributed by atoms with Crippen LogP contribution in [0.1, 0.15) is 39.0 Å². The summed E-state index contributed by atoms with van der Waals surface area (Å²) < 4.78 is 8.63. The molecule has 2 bridgehead atoms. The first-order valence-electron chi connectivity index (χ1n) is 10.9. The van der Waals surface area contributed by atoms with Gasteiger partial charge in [0.05, 0.1) is 5.52 Å². The molecule has 1 aromatic heterocycles. The Morgan fingerprint density at radius 2 is 1.83 bits per heavy atom. The number of hydrogen-bond acceptors (Lipinski definition) is 2. The molecule has 3 aliphatic heterocycles. The van der Waals surface area contributed by atoms with Crippen LogP contribution in [0, 0.1) is 5.92 Å². The summed E-state index contributed by atoms with van der Waals surface area (Å²) in [5, 5.41) is 2.67. The van der Waals surface area contributed by atoms with E-state index in [9.17, 15) is 0 Å². The fourth-order valence-electron chi connectivity index (χ4n) is 4.97. The summed E-state index contributed by atoms with van der Waals surface area (Å²) in [5.74, 6) is 1.88. The van der Waals surface area contributed by atoms with Gasteiger partial charge in [0, 0.05) is 47.7 Å². The van der Waals surface area contributed by atoms with Crippen LogP contribution in [0.3, 0.4) is 0 Å². The average molecular weight is 411 g/mol. The number of para-hydroxylation sites is 1. The van der Waals surface area contributed by atoms with Crippen LogP contribution in [0.4, 0.5) is 0 Å². The van der Waals surface area contributed by atoms with E-state index in [0.717, 1.165) is 18.2 Å². The fourth-order valence-corrected chi connectivity index (χ4v) is 4.97. The van der Waals surface area contributed by atoms with Crippen LogP contribution in [0.2, 0.25) is 0 Å². The summed E-state index contributed by atoms with van der Waals surface area (Å²) >= 11 is 0. The number of allylic oxidation sites excluding steroid dienone is 1. The first-order chi connectivity index (χ1) is 13.8. The molecule has 29 heavy (non-hydrogen) atoms. The van der Waals surface area contributed by atoms with Crippen molar-refractivity contribution in [2.24, 2.45) is 5.92 Å². The molecule has 154 valence electrons. The lowest BCUT2D eigenvalue weighted by molar-refractivity contribution is 0.158. The molecule has 3 saturated heterocycles. The Labute approximate surface area is 179 Å². The molecule has 0 spiro atoms. The molecule has 0 unspecified atom stereocenters. The molecule has 3 nitrogen and oxygen atoms in total. The Kier molecular flexibility index (Phi) is 6.05. The van der Waals surface area contributed by atoms with Gasteiger partial charge in [-0.3, -0.25) is 0 Å². The number of aromatic nitrogens is 1. The largest absolute Gasteiger partial charge is 0.489 e. The third-order valence-corrected chi connectivity index (χ3v) is 6.57. The van der Waals surface area contributed by atoms with E-state index in [1.165, 1.54) is 72.7 Å². The molecular weight excluding hydrogens is 380 g/mol. The van der Waals surface area contributed by atoms with Crippen molar-refractivity contribution in [1.82, 2.24) is 9.47 Å². The van der Waals surface area contributed by atoms with Crippen molar-refractivity contribution in [1.29, 1.82) is 0 Å². The van der Waals surface area contributed by atoms with E-state index >= 15 is 0 Å². The molecule has 0 saturated carbocycles. The van der Waals surface area contributed by atoms with Gasteiger partial charge in [0.15, 0.2) is 0 Å². The minimum absolute atomic E-state index is 0. The Morgan fingerprint density at radius 1 is 1.03 bits per heavy atom. The minimum Gasteiger partial charge on any atom is -0.489 e. The molecule has 0 N–H and O–H groups in total. The van der Waals surface area contributed by atoms with Crippen LogP contribution in [0.5, 0.6) is 5.75 Å². The van der Waals surface area contributed by atoms with Gasteiger partial charge >= 0.3 is 0 Å². The zero-order valence-corrected chi connectivity index (χ0v) is 18.1. The predicted octanol–water partition coefficient (Wildman–Crippen LogP) is 6.39. The molecule has 0 amide bonds. The number of ether oxygens (including phenoxy) is 1. The number of benzene rings is 2. The highest BCUT2D eigenvalue weighted by atomic mass is 35.5. The van der Waals surface area contributed by atoms with Crippen molar-refractivity contribution in [2.45, 2.75) is 45.6 Å². The van der Waals surface area contributed by atoms with Gasteiger partial charge in [-0.1, -0.05) is 31.5 Å². The third kappa shape index (κ3) is 3.85. The number of piperidine rings is 3. The maximum Gasteiger partial charge on any atom is 0.121 e. The maximum atomic E-state index is 6.16. The molecule has 3 aliphatic rings. The Balaban J connectivity index is 0.00000205. The topological polar surface area (TPSA) is 17.4 Å². The molecule has 4 heteroatoms. The number of unbranched alkanes of at least 4 members (excludes halogenated alkanes) is 1. The van der Waals surface area contributed by atoms with E-state index < -0.39 is 0 Å². The second-order valence-electron chi connectivity index (χ2n) is 8.34. The molecule has 4 heterocycles. The van der Waals surface area contributed by atoms with Crippen molar-refractivity contribution in [3.05, 3.63) is 54.2 Å².